The second kappa shape index (κ2) is 14.7. The van der Waals surface area contributed by atoms with Crippen LogP contribution in [0.4, 0.5) is 17.1 Å². The SMILES string of the molecule is c1ccc(-c2cccc(N(c3ccccc3-c3ccc4sc5ccccc5c4c3)c3ccc4c(oc5ccccc54)c3-c3ccccc3-n3c4ccccc4c4ccccc43)c2)cc1. The van der Waals surface area contributed by atoms with E-state index in [4.69, 9.17) is 4.42 Å². The molecule has 64 heavy (non-hydrogen) atoms. The maximum absolute atomic E-state index is 7.10. The average molecular weight is 835 g/mol. The summed E-state index contributed by atoms with van der Waals surface area (Å²) in [6.45, 7) is 0. The van der Waals surface area contributed by atoms with Crippen LogP contribution in [-0.4, -0.2) is 4.57 Å². The molecule has 0 aliphatic rings. The molecule has 0 fully saturated rings. The topological polar surface area (TPSA) is 21.3 Å². The Labute approximate surface area is 373 Å². The van der Waals surface area contributed by atoms with Crippen LogP contribution in [0.3, 0.4) is 0 Å². The number of nitrogens with zero attached hydrogens (tertiary/aromatic N) is 2. The van der Waals surface area contributed by atoms with E-state index in [1.54, 1.807) is 0 Å². The zero-order valence-corrected chi connectivity index (χ0v) is 35.5. The Hall–Kier alpha value is -8.18. The molecule has 0 N–H and O–H groups in total. The first-order valence-corrected chi connectivity index (χ1v) is 22.6. The van der Waals surface area contributed by atoms with E-state index in [-0.39, 0.29) is 0 Å². The van der Waals surface area contributed by atoms with Crippen molar-refractivity contribution in [3.05, 3.63) is 231 Å². The first kappa shape index (κ1) is 36.5. The molecule has 0 aliphatic heterocycles. The zero-order valence-electron chi connectivity index (χ0n) is 34.7. The number of thiophene rings is 1. The van der Waals surface area contributed by atoms with Crippen molar-refractivity contribution in [2.45, 2.75) is 0 Å². The van der Waals surface area contributed by atoms with Crippen molar-refractivity contribution in [3.8, 4) is 39.1 Å². The highest BCUT2D eigenvalue weighted by Gasteiger charge is 2.27. The molecule has 0 spiro atoms. The molecule has 0 unspecified atom stereocenters. The summed E-state index contributed by atoms with van der Waals surface area (Å²) in [5.41, 5.74) is 14.9. The van der Waals surface area contributed by atoms with Crippen LogP contribution >= 0.6 is 11.3 Å². The van der Waals surface area contributed by atoms with Crippen molar-refractivity contribution >= 4 is 92.3 Å². The van der Waals surface area contributed by atoms with Crippen LogP contribution in [0.2, 0.25) is 0 Å². The smallest absolute Gasteiger partial charge is 0.145 e. The Morgan fingerprint density at radius 2 is 1.02 bits per heavy atom. The number of furan rings is 1. The summed E-state index contributed by atoms with van der Waals surface area (Å²) >= 11 is 1.85. The van der Waals surface area contributed by atoms with E-state index in [0.29, 0.717) is 0 Å². The predicted molar refractivity (Wildman–Crippen MR) is 272 cm³/mol. The monoisotopic (exact) mass is 834 g/mol. The van der Waals surface area contributed by atoms with E-state index in [1.165, 1.54) is 30.9 Å². The minimum atomic E-state index is 0.847. The van der Waals surface area contributed by atoms with Crippen molar-refractivity contribution in [1.82, 2.24) is 4.57 Å². The lowest BCUT2D eigenvalue weighted by molar-refractivity contribution is 0.670. The van der Waals surface area contributed by atoms with E-state index in [0.717, 1.165) is 89.1 Å². The fourth-order valence-electron chi connectivity index (χ4n) is 9.96. The van der Waals surface area contributed by atoms with Crippen LogP contribution in [0.5, 0.6) is 0 Å². The summed E-state index contributed by atoms with van der Waals surface area (Å²) in [6.07, 6.45) is 0. The Morgan fingerprint density at radius 3 is 1.84 bits per heavy atom. The molecule has 10 aromatic carbocycles. The minimum Gasteiger partial charge on any atom is -0.455 e. The normalized spacial score (nSPS) is 11.8. The lowest BCUT2D eigenvalue weighted by atomic mass is 9.95. The summed E-state index contributed by atoms with van der Waals surface area (Å²) in [5, 5.41) is 7.17. The fraction of sp³-hybridized carbons (Fsp3) is 0. The van der Waals surface area contributed by atoms with E-state index < -0.39 is 0 Å². The molecule has 0 aliphatic carbocycles. The molecular weight excluding hydrogens is 797 g/mol. The highest BCUT2D eigenvalue weighted by Crippen LogP contribution is 2.51. The molecule has 0 saturated carbocycles. The number of benzene rings is 10. The molecule has 13 aromatic rings. The predicted octanol–water partition coefficient (Wildman–Crippen LogP) is 17.5. The minimum absolute atomic E-state index is 0.847. The van der Waals surface area contributed by atoms with Gasteiger partial charge in [0, 0.05) is 58.5 Å². The summed E-state index contributed by atoms with van der Waals surface area (Å²) < 4.78 is 12.1. The van der Waals surface area contributed by atoms with Gasteiger partial charge in [-0.1, -0.05) is 158 Å². The van der Waals surface area contributed by atoms with Crippen molar-refractivity contribution in [2.24, 2.45) is 0 Å². The van der Waals surface area contributed by atoms with Crippen molar-refractivity contribution in [2.75, 3.05) is 4.90 Å². The number of hydrogen-bond acceptors (Lipinski definition) is 3. The highest BCUT2D eigenvalue weighted by molar-refractivity contribution is 7.25. The largest absolute Gasteiger partial charge is 0.455 e. The second-order valence-corrected chi connectivity index (χ2v) is 17.5. The van der Waals surface area contributed by atoms with Gasteiger partial charge in [0.2, 0.25) is 0 Å². The van der Waals surface area contributed by atoms with Crippen LogP contribution in [0, 0.1) is 0 Å². The molecule has 0 atom stereocenters. The van der Waals surface area contributed by atoms with Crippen molar-refractivity contribution < 1.29 is 4.42 Å². The molecule has 0 amide bonds. The van der Waals surface area contributed by atoms with Gasteiger partial charge >= 0.3 is 0 Å². The third-order valence-electron chi connectivity index (χ3n) is 12.8. The third kappa shape index (κ3) is 5.73. The van der Waals surface area contributed by atoms with E-state index >= 15 is 0 Å². The van der Waals surface area contributed by atoms with Crippen molar-refractivity contribution in [1.29, 1.82) is 0 Å². The number of fused-ring (bicyclic) bond motifs is 9. The molecule has 3 nitrogen and oxygen atoms in total. The molecular formula is C60H38N2OS. The van der Waals surface area contributed by atoms with Gasteiger partial charge in [-0.2, -0.15) is 0 Å². The lowest BCUT2D eigenvalue weighted by Crippen LogP contribution is -2.13. The van der Waals surface area contributed by atoms with Gasteiger partial charge in [0.15, 0.2) is 0 Å². The third-order valence-corrected chi connectivity index (χ3v) is 14.0. The lowest BCUT2D eigenvalue weighted by Gasteiger charge is -2.31. The summed E-state index contributed by atoms with van der Waals surface area (Å²) in [7, 11) is 0. The molecule has 0 radical (unpaired) electrons. The molecule has 3 heterocycles. The first-order valence-electron chi connectivity index (χ1n) is 21.8. The van der Waals surface area contributed by atoms with Gasteiger partial charge in [0.25, 0.3) is 0 Å². The quantitative estimate of drug-likeness (QED) is 0.159. The average Bonchev–Trinajstić information content (AvgIpc) is 4.04. The van der Waals surface area contributed by atoms with Crippen LogP contribution in [0.25, 0.3) is 103 Å². The summed E-state index contributed by atoms with van der Waals surface area (Å²) in [6, 6.07) is 83.5. The van der Waals surface area contributed by atoms with Gasteiger partial charge in [-0.25, -0.2) is 0 Å². The number of anilines is 3. The van der Waals surface area contributed by atoms with Gasteiger partial charge < -0.3 is 13.9 Å². The highest BCUT2D eigenvalue weighted by atomic mass is 32.1. The Bertz CT molecular complexity index is 3880. The standard InChI is InChI=1S/C60H38N2OS/c1-2-17-39(18-3-1)40-19-16-20-42(37-40)61(51-27-10-4-21-43(51)41-33-36-58-50(38-41)47-25-9-15-32-57(47)64-58)55-35-34-48-46-24-8-14-31-56(46)63-60(48)59(55)49-26-7-13-30-54(49)62-52-28-11-5-22-44(52)45-23-6-12-29-53(45)62/h1-38H. The molecule has 0 saturated heterocycles. The number of hydrogen-bond donors (Lipinski definition) is 0. The maximum atomic E-state index is 7.10. The second-order valence-electron chi connectivity index (χ2n) is 16.4. The summed E-state index contributed by atoms with van der Waals surface area (Å²) in [5.74, 6) is 0. The van der Waals surface area contributed by atoms with Gasteiger partial charge in [-0.15, -0.1) is 11.3 Å². The van der Waals surface area contributed by atoms with Crippen molar-refractivity contribution in [3.63, 3.8) is 0 Å². The first-order chi connectivity index (χ1) is 31.8. The molecule has 13 rings (SSSR count). The Morgan fingerprint density at radius 1 is 0.375 bits per heavy atom. The van der Waals surface area contributed by atoms with Crippen LogP contribution in [-0.2, 0) is 0 Å². The van der Waals surface area contributed by atoms with Crippen LogP contribution < -0.4 is 4.90 Å². The van der Waals surface area contributed by atoms with Crippen LogP contribution in [0.1, 0.15) is 0 Å². The van der Waals surface area contributed by atoms with Gasteiger partial charge in [-0.3, -0.25) is 0 Å². The van der Waals surface area contributed by atoms with Crippen LogP contribution in [0.15, 0.2) is 235 Å². The van der Waals surface area contributed by atoms with Gasteiger partial charge in [-0.05, 0) is 89.5 Å². The fourth-order valence-corrected chi connectivity index (χ4v) is 11.0. The Kier molecular flexibility index (Phi) is 8.40. The molecule has 3 aromatic heterocycles. The Balaban J connectivity index is 1.14. The van der Waals surface area contributed by atoms with E-state index in [2.05, 4.69) is 240 Å². The number of aromatic nitrogens is 1. The maximum Gasteiger partial charge on any atom is 0.145 e. The van der Waals surface area contributed by atoms with Gasteiger partial charge in [0.1, 0.15) is 11.2 Å². The molecule has 4 heteroatoms. The zero-order chi connectivity index (χ0) is 42.1. The number of para-hydroxylation sites is 5. The van der Waals surface area contributed by atoms with Gasteiger partial charge in [0.05, 0.1) is 33.7 Å². The molecule has 300 valence electrons. The van der Waals surface area contributed by atoms with E-state index in [1.807, 2.05) is 11.3 Å². The summed E-state index contributed by atoms with van der Waals surface area (Å²) in [4.78, 5) is 2.46. The number of rotatable bonds is 7. The molecule has 0 bridgehead atoms. The van der Waals surface area contributed by atoms with E-state index in [9.17, 15) is 0 Å².